The van der Waals surface area contributed by atoms with E-state index in [0.717, 1.165) is 25.0 Å². The highest BCUT2D eigenvalue weighted by Crippen LogP contribution is 2.30. The van der Waals surface area contributed by atoms with Gasteiger partial charge in [-0.05, 0) is 49.2 Å². The van der Waals surface area contributed by atoms with Crippen molar-refractivity contribution in [2.45, 2.75) is 30.8 Å². The van der Waals surface area contributed by atoms with E-state index in [1.807, 2.05) is 5.38 Å². The van der Waals surface area contributed by atoms with Crippen LogP contribution in [0, 0.1) is 0 Å². The second kappa shape index (κ2) is 10.3. The van der Waals surface area contributed by atoms with Crippen LogP contribution < -0.4 is 14.8 Å². The molecule has 33 heavy (non-hydrogen) atoms. The van der Waals surface area contributed by atoms with E-state index in [9.17, 15) is 13.2 Å². The molecule has 0 aliphatic carbocycles. The van der Waals surface area contributed by atoms with Crippen LogP contribution in [0.4, 0.5) is 5.69 Å². The Kier molecular flexibility index (Phi) is 7.26. The number of carbonyl (C=O) groups is 1. The lowest BCUT2D eigenvalue weighted by molar-refractivity contribution is 0.102. The highest BCUT2D eigenvalue weighted by molar-refractivity contribution is 7.89. The Labute approximate surface area is 197 Å². The van der Waals surface area contributed by atoms with Gasteiger partial charge in [-0.2, -0.15) is 4.31 Å². The van der Waals surface area contributed by atoms with E-state index in [1.54, 1.807) is 35.8 Å². The van der Waals surface area contributed by atoms with Crippen LogP contribution in [-0.4, -0.2) is 43.8 Å². The molecule has 1 aromatic heterocycles. The van der Waals surface area contributed by atoms with Crippen molar-refractivity contribution in [3.63, 3.8) is 0 Å². The summed E-state index contributed by atoms with van der Waals surface area (Å²) in [5.74, 6) is 0.501. The van der Waals surface area contributed by atoms with Gasteiger partial charge in [0.2, 0.25) is 10.0 Å². The van der Waals surface area contributed by atoms with Crippen molar-refractivity contribution in [3.05, 3.63) is 64.6 Å². The molecule has 1 fully saturated rings. The quantitative estimate of drug-likeness (QED) is 0.512. The highest BCUT2D eigenvalue weighted by Gasteiger charge is 2.27. The number of piperidine rings is 1. The lowest BCUT2D eigenvalue weighted by Gasteiger charge is -2.26. The van der Waals surface area contributed by atoms with Gasteiger partial charge in [0.1, 0.15) is 18.1 Å². The molecule has 0 bridgehead atoms. The number of methoxy groups -OCH3 is 1. The van der Waals surface area contributed by atoms with E-state index in [0.29, 0.717) is 36.8 Å². The number of nitrogens with one attached hydrogen (secondary N) is 1. The van der Waals surface area contributed by atoms with Crippen molar-refractivity contribution in [1.29, 1.82) is 0 Å². The Morgan fingerprint density at radius 3 is 2.70 bits per heavy atom. The van der Waals surface area contributed by atoms with Gasteiger partial charge in [0.15, 0.2) is 0 Å². The van der Waals surface area contributed by atoms with Crippen LogP contribution >= 0.6 is 11.3 Å². The average molecular weight is 488 g/mol. The third kappa shape index (κ3) is 5.52. The molecule has 2 aromatic carbocycles. The predicted octanol–water partition coefficient (Wildman–Crippen LogP) is 4.16. The third-order valence-corrected chi connectivity index (χ3v) is 7.87. The highest BCUT2D eigenvalue weighted by atomic mass is 32.2. The monoisotopic (exact) mass is 487 g/mol. The zero-order chi connectivity index (χ0) is 23.3. The topological polar surface area (TPSA) is 97.8 Å². The first-order valence-corrected chi connectivity index (χ1v) is 12.9. The molecule has 3 aromatic rings. The number of ether oxygens (including phenoxy) is 2. The first-order chi connectivity index (χ1) is 16.0. The van der Waals surface area contributed by atoms with Gasteiger partial charge >= 0.3 is 0 Å². The Bertz CT molecular complexity index is 1210. The lowest BCUT2D eigenvalue weighted by Crippen LogP contribution is -2.35. The van der Waals surface area contributed by atoms with Gasteiger partial charge in [0, 0.05) is 24.0 Å². The van der Waals surface area contributed by atoms with Crippen LogP contribution in [0.2, 0.25) is 0 Å². The van der Waals surface area contributed by atoms with E-state index in [2.05, 4.69) is 10.3 Å². The van der Waals surface area contributed by atoms with E-state index < -0.39 is 15.9 Å². The molecule has 0 spiro atoms. The molecule has 8 nitrogen and oxygen atoms in total. The minimum atomic E-state index is -3.64. The summed E-state index contributed by atoms with van der Waals surface area (Å²) in [5.41, 5.74) is 3.20. The van der Waals surface area contributed by atoms with Gasteiger partial charge < -0.3 is 14.8 Å². The number of benzene rings is 2. The number of carbonyl (C=O) groups excluding carboxylic acids is 1. The molecular formula is C23H25N3O5S2. The minimum Gasteiger partial charge on any atom is -0.495 e. The molecule has 0 atom stereocenters. The molecule has 1 N–H and O–H groups in total. The Morgan fingerprint density at radius 1 is 1.15 bits per heavy atom. The molecule has 0 radical (unpaired) electrons. The van der Waals surface area contributed by atoms with Gasteiger partial charge in [-0.25, -0.2) is 13.4 Å². The normalized spacial score (nSPS) is 14.6. The van der Waals surface area contributed by atoms with Crippen molar-refractivity contribution in [3.8, 4) is 11.5 Å². The molecule has 1 amide bonds. The average Bonchev–Trinajstić information content (AvgIpc) is 3.37. The van der Waals surface area contributed by atoms with Crippen molar-refractivity contribution < 1.29 is 22.7 Å². The summed E-state index contributed by atoms with van der Waals surface area (Å²) in [6.07, 6.45) is 2.72. The van der Waals surface area contributed by atoms with E-state index in [-0.39, 0.29) is 10.6 Å². The van der Waals surface area contributed by atoms with Crippen LogP contribution in [0.5, 0.6) is 11.5 Å². The number of thiazole rings is 1. The first-order valence-electron chi connectivity index (χ1n) is 10.6. The van der Waals surface area contributed by atoms with Crippen molar-refractivity contribution in [1.82, 2.24) is 9.29 Å². The predicted molar refractivity (Wildman–Crippen MR) is 126 cm³/mol. The van der Waals surface area contributed by atoms with Gasteiger partial charge in [-0.15, -0.1) is 11.3 Å². The zero-order valence-electron chi connectivity index (χ0n) is 18.2. The van der Waals surface area contributed by atoms with Gasteiger partial charge in [-0.3, -0.25) is 4.79 Å². The van der Waals surface area contributed by atoms with E-state index >= 15 is 0 Å². The number of rotatable bonds is 8. The number of amides is 1. The smallest absolute Gasteiger partial charge is 0.255 e. The molecule has 0 unspecified atom stereocenters. The van der Waals surface area contributed by atoms with Crippen LogP contribution in [0.3, 0.4) is 0 Å². The second-order valence-corrected chi connectivity index (χ2v) is 10.2. The molecule has 1 aliphatic rings. The van der Waals surface area contributed by atoms with Crippen molar-refractivity contribution in [2.24, 2.45) is 0 Å². The maximum absolute atomic E-state index is 13.1. The molecule has 1 saturated heterocycles. The summed E-state index contributed by atoms with van der Waals surface area (Å²) in [7, 11) is -2.18. The summed E-state index contributed by atoms with van der Waals surface area (Å²) in [4.78, 5) is 17.2. The zero-order valence-corrected chi connectivity index (χ0v) is 19.8. The van der Waals surface area contributed by atoms with Crippen LogP contribution in [0.1, 0.15) is 35.3 Å². The number of sulfonamides is 1. The number of nitrogens with zero attached hydrogens (tertiary/aromatic N) is 2. The van der Waals surface area contributed by atoms with Crippen LogP contribution in [0.25, 0.3) is 0 Å². The summed E-state index contributed by atoms with van der Waals surface area (Å²) < 4.78 is 38.7. The maximum atomic E-state index is 13.1. The number of aromatic nitrogens is 1. The standard InChI is InChI=1S/C23H25N3O5S2/c1-30-22-9-8-20(33(28,29)26-10-3-2-4-11-26)13-21(22)25-23(27)17-6-5-7-19(12-17)31-14-18-15-32-16-24-18/h5-9,12-13,15-16H,2-4,10-11,14H2,1H3,(H,25,27). The Balaban J connectivity index is 1.52. The fourth-order valence-electron chi connectivity index (χ4n) is 3.59. The van der Waals surface area contributed by atoms with E-state index in [1.165, 1.54) is 34.9 Å². The molecule has 174 valence electrons. The maximum Gasteiger partial charge on any atom is 0.255 e. The fourth-order valence-corrected chi connectivity index (χ4v) is 5.67. The summed E-state index contributed by atoms with van der Waals surface area (Å²) in [5, 5.41) is 4.67. The van der Waals surface area contributed by atoms with Crippen LogP contribution in [0.15, 0.2) is 58.3 Å². The Morgan fingerprint density at radius 2 is 1.97 bits per heavy atom. The summed E-state index contributed by atoms with van der Waals surface area (Å²) in [6.45, 7) is 1.31. The minimum absolute atomic E-state index is 0.126. The second-order valence-electron chi connectivity index (χ2n) is 7.58. The molecule has 0 saturated carbocycles. The summed E-state index contributed by atoms with van der Waals surface area (Å²) in [6, 6.07) is 11.3. The summed E-state index contributed by atoms with van der Waals surface area (Å²) >= 11 is 1.49. The first kappa shape index (κ1) is 23.2. The lowest BCUT2D eigenvalue weighted by atomic mass is 10.2. The fraction of sp³-hybridized carbons (Fsp3) is 0.304. The van der Waals surface area contributed by atoms with Gasteiger partial charge in [0.05, 0.1) is 28.9 Å². The number of hydrogen-bond acceptors (Lipinski definition) is 7. The molecule has 4 rings (SSSR count). The molecular weight excluding hydrogens is 462 g/mol. The van der Waals surface area contributed by atoms with Crippen molar-refractivity contribution in [2.75, 3.05) is 25.5 Å². The molecule has 10 heteroatoms. The largest absolute Gasteiger partial charge is 0.495 e. The molecule has 1 aliphatic heterocycles. The number of hydrogen-bond donors (Lipinski definition) is 1. The number of anilines is 1. The van der Waals surface area contributed by atoms with Crippen molar-refractivity contribution >= 4 is 33.0 Å². The van der Waals surface area contributed by atoms with Crippen LogP contribution in [-0.2, 0) is 16.6 Å². The van der Waals surface area contributed by atoms with Gasteiger partial charge in [0.25, 0.3) is 5.91 Å². The Hall–Kier alpha value is -2.95. The SMILES string of the molecule is COc1ccc(S(=O)(=O)N2CCCCC2)cc1NC(=O)c1cccc(OCc2cscn2)c1. The third-order valence-electron chi connectivity index (χ3n) is 5.34. The van der Waals surface area contributed by atoms with E-state index in [4.69, 9.17) is 9.47 Å². The molecule has 2 heterocycles. The van der Waals surface area contributed by atoms with Gasteiger partial charge in [-0.1, -0.05) is 12.5 Å².